The Morgan fingerprint density at radius 2 is 2.14 bits per heavy atom. The van der Waals surface area contributed by atoms with Gasteiger partial charge < -0.3 is 5.73 Å². The summed E-state index contributed by atoms with van der Waals surface area (Å²) in [4.78, 5) is 14.9. The fraction of sp³-hybridized carbons (Fsp3) is 0.0909. The van der Waals surface area contributed by atoms with Gasteiger partial charge in [0, 0.05) is 17.6 Å². The standard InChI is InChI=1S/C11H10N2O/c12-11-6-8(7-14)5-9-3-1-2-4-10(9)13-11/h1-5,7H,6H2,(H2,12,13). The third-order valence-electron chi connectivity index (χ3n) is 2.08. The largest absolute Gasteiger partial charge is 0.387 e. The summed E-state index contributed by atoms with van der Waals surface area (Å²) >= 11 is 0. The minimum atomic E-state index is 0.429. The highest BCUT2D eigenvalue weighted by atomic mass is 16.1. The Hall–Kier alpha value is -1.90. The fourth-order valence-corrected chi connectivity index (χ4v) is 1.44. The van der Waals surface area contributed by atoms with Crippen molar-refractivity contribution in [2.75, 3.05) is 0 Å². The lowest BCUT2D eigenvalue weighted by Crippen LogP contribution is -2.11. The molecule has 1 aromatic rings. The second kappa shape index (κ2) is 3.46. The first-order chi connectivity index (χ1) is 6.79. The van der Waals surface area contributed by atoms with Crippen molar-refractivity contribution in [1.82, 2.24) is 0 Å². The van der Waals surface area contributed by atoms with Gasteiger partial charge in [-0.25, -0.2) is 4.99 Å². The average molecular weight is 186 g/mol. The number of nitrogens with two attached hydrogens (primary N) is 1. The van der Waals surface area contributed by atoms with Gasteiger partial charge in [-0.3, -0.25) is 4.79 Å². The van der Waals surface area contributed by atoms with E-state index in [0.29, 0.717) is 17.8 Å². The zero-order chi connectivity index (χ0) is 9.97. The van der Waals surface area contributed by atoms with Crippen LogP contribution in [0.2, 0.25) is 0 Å². The minimum Gasteiger partial charge on any atom is -0.387 e. The summed E-state index contributed by atoms with van der Waals surface area (Å²) in [5, 5.41) is 0. The van der Waals surface area contributed by atoms with Crippen LogP contribution in [0.1, 0.15) is 12.0 Å². The number of rotatable bonds is 1. The van der Waals surface area contributed by atoms with E-state index in [1.54, 1.807) is 0 Å². The number of aliphatic imine (C=N–C) groups is 1. The van der Waals surface area contributed by atoms with E-state index in [2.05, 4.69) is 4.99 Å². The lowest BCUT2D eigenvalue weighted by Gasteiger charge is -1.97. The van der Waals surface area contributed by atoms with Crippen LogP contribution in [0.4, 0.5) is 5.69 Å². The predicted octanol–water partition coefficient (Wildman–Crippen LogP) is 1.66. The highest BCUT2D eigenvalue weighted by molar-refractivity contribution is 5.97. The summed E-state index contributed by atoms with van der Waals surface area (Å²) in [6.45, 7) is 0. The van der Waals surface area contributed by atoms with Crippen molar-refractivity contribution in [1.29, 1.82) is 0 Å². The third-order valence-corrected chi connectivity index (χ3v) is 2.08. The summed E-state index contributed by atoms with van der Waals surface area (Å²) in [6.07, 6.45) is 3.08. The maximum Gasteiger partial charge on any atom is 0.146 e. The van der Waals surface area contributed by atoms with Crippen molar-refractivity contribution < 1.29 is 4.79 Å². The second-order valence-electron chi connectivity index (χ2n) is 3.18. The zero-order valence-electron chi connectivity index (χ0n) is 7.60. The molecule has 0 saturated heterocycles. The maximum atomic E-state index is 10.7. The molecule has 0 atom stereocenters. The number of nitrogens with zero attached hydrogens (tertiary/aromatic N) is 1. The molecule has 0 saturated carbocycles. The first-order valence-electron chi connectivity index (χ1n) is 4.37. The molecule has 3 nitrogen and oxygen atoms in total. The lowest BCUT2D eigenvalue weighted by molar-refractivity contribution is -0.104. The molecule has 0 unspecified atom stereocenters. The Morgan fingerprint density at radius 3 is 2.93 bits per heavy atom. The lowest BCUT2D eigenvalue weighted by atomic mass is 10.1. The molecule has 0 aromatic heterocycles. The Labute approximate surface area is 82.0 Å². The van der Waals surface area contributed by atoms with E-state index in [9.17, 15) is 4.79 Å². The van der Waals surface area contributed by atoms with Gasteiger partial charge in [0.25, 0.3) is 0 Å². The first kappa shape index (κ1) is 8.69. The van der Waals surface area contributed by atoms with Crippen molar-refractivity contribution in [2.24, 2.45) is 10.7 Å². The number of hydrogen-bond acceptors (Lipinski definition) is 3. The van der Waals surface area contributed by atoms with E-state index < -0.39 is 0 Å². The van der Waals surface area contributed by atoms with Crippen LogP contribution in [-0.4, -0.2) is 12.1 Å². The number of aldehydes is 1. The zero-order valence-corrected chi connectivity index (χ0v) is 7.60. The molecule has 0 bridgehead atoms. The van der Waals surface area contributed by atoms with Crippen LogP contribution >= 0.6 is 0 Å². The van der Waals surface area contributed by atoms with E-state index in [1.165, 1.54) is 0 Å². The van der Waals surface area contributed by atoms with Crippen LogP contribution in [0, 0.1) is 0 Å². The quantitative estimate of drug-likeness (QED) is 0.678. The molecule has 1 aliphatic rings. The normalized spacial score (nSPS) is 14.9. The van der Waals surface area contributed by atoms with Crippen molar-refractivity contribution >= 4 is 23.9 Å². The molecule has 0 aliphatic carbocycles. The highest BCUT2D eigenvalue weighted by Crippen LogP contribution is 2.24. The van der Waals surface area contributed by atoms with Crippen molar-refractivity contribution in [3.8, 4) is 0 Å². The van der Waals surface area contributed by atoms with Gasteiger partial charge in [-0.15, -0.1) is 0 Å². The molecule has 2 N–H and O–H groups in total. The number of carbonyl (C=O) groups excluding carboxylic acids is 1. The summed E-state index contributed by atoms with van der Waals surface area (Å²) in [5.74, 6) is 0.480. The molecule has 0 amide bonds. The monoisotopic (exact) mass is 186 g/mol. The fourth-order valence-electron chi connectivity index (χ4n) is 1.44. The second-order valence-corrected chi connectivity index (χ2v) is 3.18. The van der Waals surface area contributed by atoms with Crippen molar-refractivity contribution in [2.45, 2.75) is 6.42 Å². The molecule has 0 fully saturated rings. The van der Waals surface area contributed by atoms with Gasteiger partial charge in [0.2, 0.25) is 0 Å². The van der Waals surface area contributed by atoms with Gasteiger partial charge in [-0.2, -0.15) is 0 Å². The van der Waals surface area contributed by atoms with Crippen LogP contribution in [0.3, 0.4) is 0 Å². The summed E-state index contributed by atoms with van der Waals surface area (Å²) < 4.78 is 0. The topological polar surface area (TPSA) is 55.4 Å². The smallest absolute Gasteiger partial charge is 0.146 e. The van der Waals surface area contributed by atoms with Gasteiger partial charge in [0.15, 0.2) is 0 Å². The molecule has 2 rings (SSSR count). The van der Waals surface area contributed by atoms with Gasteiger partial charge in [0.05, 0.1) is 5.69 Å². The molecule has 70 valence electrons. The maximum absolute atomic E-state index is 10.7. The number of para-hydroxylation sites is 1. The predicted molar refractivity (Wildman–Crippen MR) is 56.4 cm³/mol. The molecule has 3 heteroatoms. The van der Waals surface area contributed by atoms with Crippen LogP contribution in [-0.2, 0) is 4.79 Å². The average Bonchev–Trinajstić information content (AvgIpc) is 2.35. The number of fused-ring (bicyclic) bond motifs is 1. The molecule has 0 radical (unpaired) electrons. The van der Waals surface area contributed by atoms with Gasteiger partial charge >= 0.3 is 0 Å². The molecular formula is C11H10N2O. The third kappa shape index (κ3) is 1.57. The van der Waals surface area contributed by atoms with E-state index >= 15 is 0 Å². The number of carbonyl (C=O) groups is 1. The molecule has 0 spiro atoms. The van der Waals surface area contributed by atoms with Crippen LogP contribution in [0.25, 0.3) is 6.08 Å². The number of benzene rings is 1. The van der Waals surface area contributed by atoms with Gasteiger partial charge in [-0.05, 0) is 12.1 Å². The Kier molecular flexibility index (Phi) is 2.14. The minimum absolute atomic E-state index is 0.429. The molecule has 1 aliphatic heterocycles. The van der Waals surface area contributed by atoms with Crippen LogP contribution in [0.15, 0.2) is 34.8 Å². The number of amidine groups is 1. The summed E-state index contributed by atoms with van der Waals surface area (Å²) in [5.41, 5.74) is 8.09. The number of hydrogen-bond donors (Lipinski definition) is 1. The van der Waals surface area contributed by atoms with Crippen LogP contribution in [0.5, 0.6) is 0 Å². The van der Waals surface area contributed by atoms with Crippen molar-refractivity contribution in [3.05, 3.63) is 35.4 Å². The molecule has 1 aromatic carbocycles. The Bertz CT molecular complexity index is 433. The summed E-state index contributed by atoms with van der Waals surface area (Å²) in [7, 11) is 0. The Balaban J connectivity index is 2.59. The molecular weight excluding hydrogens is 176 g/mol. The van der Waals surface area contributed by atoms with E-state index in [1.807, 2.05) is 30.3 Å². The van der Waals surface area contributed by atoms with Crippen molar-refractivity contribution in [3.63, 3.8) is 0 Å². The molecule has 14 heavy (non-hydrogen) atoms. The Morgan fingerprint density at radius 1 is 1.36 bits per heavy atom. The first-order valence-corrected chi connectivity index (χ1v) is 4.37. The molecule has 1 heterocycles. The van der Waals surface area contributed by atoms with Crippen LogP contribution < -0.4 is 5.73 Å². The van der Waals surface area contributed by atoms with E-state index in [4.69, 9.17) is 5.73 Å². The SMILES string of the molecule is NC1=Nc2ccccc2C=C(C=O)C1. The highest BCUT2D eigenvalue weighted by Gasteiger charge is 2.07. The van der Waals surface area contributed by atoms with Gasteiger partial charge in [-0.1, -0.05) is 18.2 Å². The van der Waals surface area contributed by atoms with Gasteiger partial charge in [0.1, 0.15) is 12.1 Å². The van der Waals surface area contributed by atoms with E-state index in [-0.39, 0.29) is 0 Å². The summed E-state index contributed by atoms with van der Waals surface area (Å²) in [6, 6.07) is 7.61. The van der Waals surface area contributed by atoms with E-state index in [0.717, 1.165) is 17.5 Å².